The van der Waals surface area contributed by atoms with Crippen LogP contribution in [0.5, 0.6) is 0 Å². The highest BCUT2D eigenvalue weighted by Crippen LogP contribution is 2.35. The van der Waals surface area contributed by atoms with Crippen LogP contribution in [0.1, 0.15) is 49.3 Å². The first-order valence-electron chi connectivity index (χ1n) is 7.06. The number of hydrogen-bond donors (Lipinski definition) is 1. The maximum absolute atomic E-state index is 4.21. The Labute approximate surface area is 127 Å². The van der Waals surface area contributed by atoms with Gasteiger partial charge in [-0.05, 0) is 43.9 Å². The zero-order valence-electron chi connectivity index (χ0n) is 11.8. The number of aromatic nitrogens is 3. The van der Waals surface area contributed by atoms with Gasteiger partial charge in [0.25, 0.3) is 0 Å². The zero-order chi connectivity index (χ0) is 14.1. The second kappa shape index (κ2) is 5.66. The van der Waals surface area contributed by atoms with Crippen molar-refractivity contribution in [2.45, 2.75) is 45.3 Å². The van der Waals surface area contributed by atoms with Crippen molar-refractivity contribution in [1.29, 1.82) is 0 Å². The minimum absolute atomic E-state index is 0.395. The second-order valence-electron chi connectivity index (χ2n) is 5.53. The lowest BCUT2D eigenvalue weighted by Crippen LogP contribution is -2.21. The molecule has 1 heterocycles. The van der Waals surface area contributed by atoms with E-state index in [2.05, 4.69) is 68.1 Å². The number of benzene rings is 1. The van der Waals surface area contributed by atoms with Crippen molar-refractivity contribution in [3.8, 4) is 0 Å². The van der Waals surface area contributed by atoms with Gasteiger partial charge in [0.15, 0.2) is 0 Å². The van der Waals surface area contributed by atoms with Gasteiger partial charge in [-0.2, -0.15) is 0 Å². The van der Waals surface area contributed by atoms with Crippen LogP contribution in [0.2, 0.25) is 0 Å². The summed E-state index contributed by atoms with van der Waals surface area (Å²) in [5, 5.41) is 11.8. The van der Waals surface area contributed by atoms with E-state index < -0.39 is 0 Å². The number of halogens is 1. The summed E-state index contributed by atoms with van der Waals surface area (Å²) in [6.45, 7) is 5.05. The van der Waals surface area contributed by atoms with E-state index in [-0.39, 0.29) is 0 Å². The van der Waals surface area contributed by atoms with Crippen molar-refractivity contribution in [3.63, 3.8) is 0 Å². The number of rotatable bonds is 4. The fourth-order valence-corrected chi connectivity index (χ4v) is 3.44. The molecule has 1 aliphatic rings. The van der Waals surface area contributed by atoms with E-state index in [9.17, 15) is 0 Å². The van der Waals surface area contributed by atoms with E-state index in [1.807, 2.05) is 0 Å². The lowest BCUT2D eigenvalue weighted by molar-refractivity contribution is 0.488. The molecule has 0 bridgehead atoms. The van der Waals surface area contributed by atoms with Gasteiger partial charge in [0.2, 0.25) is 0 Å². The van der Waals surface area contributed by atoms with Crippen LogP contribution in [-0.4, -0.2) is 14.8 Å². The zero-order valence-corrected chi connectivity index (χ0v) is 13.4. The minimum Gasteiger partial charge on any atom is -0.314 e. The summed E-state index contributed by atoms with van der Waals surface area (Å²) in [7, 11) is 0. The van der Waals surface area contributed by atoms with Gasteiger partial charge in [0.05, 0.1) is 6.54 Å². The van der Waals surface area contributed by atoms with Crippen LogP contribution >= 0.6 is 15.9 Å². The van der Waals surface area contributed by atoms with Crippen molar-refractivity contribution in [1.82, 2.24) is 20.1 Å². The fourth-order valence-electron chi connectivity index (χ4n) is 2.86. The molecule has 4 nitrogen and oxygen atoms in total. The number of hydrogen-bond acceptors (Lipinski definition) is 3. The quantitative estimate of drug-likeness (QED) is 0.931. The Morgan fingerprint density at radius 1 is 1.45 bits per heavy atom. The van der Waals surface area contributed by atoms with Crippen molar-refractivity contribution < 1.29 is 0 Å². The molecule has 0 amide bonds. The van der Waals surface area contributed by atoms with Crippen LogP contribution in [-0.2, 0) is 13.0 Å². The molecular formula is C15H19BrN4. The Morgan fingerprint density at radius 2 is 2.30 bits per heavy atom. The Hall–Kier alpha value is -1.20. The molecule has 0 saturated heterocycles. The predicted molar refractivity (Wildman–Crippen MR) is 82.5 cm³/mol. The Balaban J connectivity index is 1.72. The highest BCUT2D eigenvalue weighted by molar-refractivity contribution is 9.10. The molecule has 20 heavy (non-hydrogen) atoms. The van der Waals surface area contributed by atoms with E-state index in [0.717, 1.165) is 25.2 Å². The Morgan fingerprint density at radius 3 is 3.10 bits per heavy atom. The van der Waals surface area contributed by atoms with E-state index in [1.54, 1.807) is 6.33 Å². The smallest absolute Gasteiger partial charge is 0.147 e. The lowest BCUT2D eigenvalue weighted by Gasteiger charge is -2.15. The van der Waals surface area contributed by atoms with Gasteiger partial charge in [0.1, 0.15) is 12.2 Å². The second-order valence-corrected chi connectivity index (χ2v) is 6.38. The number of nitrogens with one attached hydrogen (secondary N) is 1. The average molecular weight is 335 g/mol. The average Bonchev–Trinajstić information content (AvgIpc) is 3.03. The fraction of sp³-hybridized carbons (Fsp3) is 0.467. The first kappa shape index (κ1) is 13.8. The molecule has 0 saturated carbocycles. The van der Waals surface area contributed by atoms with Crippen molar-refractivity contribution in [2.24, 2.45) is 0 Å². The number of fused-ring (bicyclic) bond motifs is 1. The molecular weight excluding hydrogens is 316 g/mol. The summed E-state index contributed by atoms with van der Waals surface area (Å²) in [4.78, 5) is 0. The molecule has 1 aromatic heterocycles. The van der Waals surface area contributed by atoms with E-state index in [4.69, 9.17) is 0 Å². The summed E-state index contributed by atoms with van der Waals surface area (Å²) in [6.07, 6.45) is 4.08. The summed E-state index contributed by atoms with van der Waals surface area (Å²) >= 11 is 3.64. The molecule has 0 unspecified atom stereocenters. The predicted octanol–water partition coefficient (Wildman–Crippen LogP) is 3.40. The van der Waals surface area contributed by atoms with Gasteiger partial charge in [-0.15, -0.1) is 10.2 Å². The van der Waals surface area contributed by atoms with Gasteiger partial charge < -0.3 is 9.88 Å². The van der Waals surface area contributed by atoms with E-state index >= 15 is 0 Å². The highest BCUT2D eigenvalue weighted by Gasteiger charge is 2.23. The summed E-state index contributed by atoms with van der Waals surface area (Å²) < 4.78 is 3.34. The molecule has 106 valence electrons. The monoisotopic (exact) mass is 334 g/mol. The van der Waals surface area contributed by atoms with Gasteiger partial charge in [-0.25, -0.2) is 0 Å². The first-order chi connectivity index (χ1) is 9.66. The molecule has 1 aliphatic carbocycles. The van der Waals surface area contributed by atoms with Gasteiger partial charge >= 0.3 is 0 Å². The molecule has 0 radical (unpaired) electrons. The number of nitrogens with zero attached hydrogens (tertiary/aromatic N) is 3. The summed E-state index contributed by atoms with van der Waals surface area (Å²) in [5.74, 6) is 1.00. The van der Waals surface area contributed by atoms with Crippen molar-refractivity contribution in [2.75, 3.05) is 0 Å². The third kappa shape index (κ3) is 2.52. The van der Waals surface area contributed by atoms with Gasteiger partial charge in [-0.3, -0.25) is 0 Å². The third-order valence-electron chi connectivity index (χ3n) is 3.92. The van der Waals surface area contributed by atoms with E-state index in [1.165, 1.54) is 15.6 Å². The van der Waals surface area contributed by atoms with Crippen LogP contribution in [0.3, 0.4) is 0 Å². The standard InChI is InChI=1S/C15H19BrN4/c1-10(2)20-9-18-19-15(20)8-17-14-7-6-11-12(14)4-3-5-13(11)16/h3-5,9-10,14,17H,6-8H2,1-2H3/t14-/m0/s1. The van der Waals surface area contributed by atoms with Crippen LogP contribution in [0, 0.1) is 0 Å². The largest absolute Gasteiger partial charge is 0.314 e. The molecule has 3 rings (SSSR count). The minimum atomic E-state index is 0.395. The van der Waals surface area contributed by atoms with Crippen LogP contribution in [0.25, 0.3) is 0 Å². The van der Waals surface area contributed by atoms with Crippen LogP contribution < -0.4 is 5.32 Å². The maximum atomic E-state index is 4.21. The maximum Gasteiger partial charge on any atom is 0.147 e. The van der Waals surface area contributed by atoms with Crippen LogP contribution in [0.4, 0.5) is 0 Å². The third-order valence-corrected chi connectivity index (χ3v) is 4.67. The summed E-state index contributed by atoms with van der Waals surface area (Å²) in [6, 6.07) is 7.26. The molecule has 1 aromatic carbocycles. The van der Waals surface area contributed by atoms with Gasteiger partial charge in [-0.1, -0.05) is 28.1 Å². The molecule has 2 aromatic rings. The van der Waals surface area contributed by atoms with Gasteiger partial charge in [0, 0.05) is 16.6 Å². The molecule has 1 N–H and O–H groups in total. The van der Waals surface area contributed by atoms with Crippen molar-refractivity contribution >= 4 is 15.9 Å². The molecule has 5 heteroatoms. The van der Waals surface area contributed by atoms with Crippen LogP contribution in [0.15, 0.2) is 29.0 Å². The molecule has 0 fully saturated rings. The highest BCUT2D eigenvalue weighted by atomic mass is 79.9. The first-order valence-corrected chi connectivity index (χ1v) is 7.85. The topological polar surface area (TPSA) is 42.7 Å². The van der Waals surface area contributed by atoms with E-state index in [0.29, 0.717) is 12.1 Å². The molecule has 0 spiro atoms. The Kier molecular flexibility index (Phi) is 3.89. The van der Waals surface area contributed by atoms with Crippen molar-refractivity contribution in [3.05, 3.63) is 46.0 Å². The molecule has 1 atom stereocenters. The molecule has 0 aliphatic heterocycles. The normalized spacial score (nSPS) is 17.7. The Bertz CT molecular complexity index is 606. The lowest BCUT2D eigenvalue weighted by atomic mass is 10.1. The SMILES string of the molecule is CC(C)n1cnnc1CN[C@H]1CCc2c(Br)cccc21. The summed E-state index contributed by atoms with van der Waals surface area (Å²) in [5.41, 5.74) is 2.85.